The van der Waals surface area contributed by atoms with Gasteiger partial charge >= 0.3 is 0 Å². The molecule has 0 bridgehead atoms. The van der Waals surface area contributed by atoms with Crippen LogP contribution in [0, 0.1) is 18.7 Å². The molecule has 0 N–H and O–H groups in total. The van der Waals surface area contributed by atoms with Crippen LogP contribution in [0.25, 0.3) is 0 Å². The third kappa shape index (κ3) is 3.15. The van der Waals surface area contributed by atoms with Crippen molar-refractivity contribution in [3.63, 3.8) is 0 Å². The lowest BCUT2D eigenvalue weighted by atomic mass is 9.98. The molecular formula is C19H16ClFN2OS2. The normalized spacial score (nSPS) is 21.2. The van der Waals surface area contributed by atoms with Gasteiger partial charge in [0, 0.05) is 39.0 Å². The maximum atomic E-state index is 13.9. The first-order valence-corrected chi connectivity index (χ1v) is 10.4. The van der Waals surface area contributed by atoms with E-state index in [1.165, 1.54) is 29.8 Å². The second-order valence-corrected chi connectivity index (χ2v) is 9.01. The van der Waals surface area contributed by atoms with Gasteiger partial charge in [0.1, 0.15) is 11.2 Å². The van der Waals surface area contributed by atoms with E-state index in [9.17, 15) is 9.18 Å². The quantitative estimate of drug-likeness (QED) is 0.687. The fourth-order valence-electron chi connectivity index (χ4n) is 3.14. The van der Waals surface area contributed by atoms with Crippen LogP contribution < -0.4 is 0 Å². The Morgan fingerprint density at radius 2 is 2.15 bits per heavy atom. The molecule has 0 saturated carbocycles. The van der Waals surface area contributed by atoms with Gasteiger partial charge in [0.05, 0.1) is 5.71 Å². The number of hydrogen-bond donors (Lipinski definition) is 0. The van der Waals surface area contributed by atoms with Crippen LogP contribution >= 0.6 is 35.1 Å². The zero-order chi connectivity index (χ0) is 18.4. The average molecular weight is 407 g/mol. The van der Waals surface area contributed by atoms with Gasteiger partial charge in [-0.2, -0.15) is 5.10 Å². The van der Waals surface area contributed by atoms with Crippen LogP contribution in [0.3, 0.4) is 0 Å². The van der Waals surface area contributed by atoms with E-state index in [4.69, 9.17) is 11.6 Å². The number of halogens is 2. The number of hydrogen-bond acceptors (Lipinski definition) is 4. The molecule has 2 aromatic rings. The topological polar surface area (TPSA) is 32.7 Å². The summed E-state index contributed by atoms with van der Waals surface area (Å²) in [5.41, 5.74) is 2.49. The van der Waals surface area contributed by atoms with Gasteiger partial charge in [-0.1, -0.05) is 29.4 Å². The summed E-state index contributed by atoms with van der Waals surface area (Å²) in [6.45, 7) is 3.25. The predicted octanol–water partition coefficient (Wildman–Crippen LogP) is 5.19. The molecule has 7 heteroatoms. The lowest BCUT2D eigenvalue weighted by Gasteiger charge is -2.28. The Morgan fingerprint density at radius 1 is 1.35 bits per heavy atom. The molecule has 134 valence electrons. The largest absolute Gasteiger partial charge is 0.273 e. The SMILES string of the molecule is CC(=O)N1N=C2c3cc(Cl)ccc3SC[C@@H]2[C@@H]1Sc1ccc(C)c(F)c1. The lowest BCUT2D eigenvalue weighted by molar-refractivity contribution is -0.129. The number of fused-ring (bicyclic) bond motifs is 3. The molecular weight excluding hydrogens is 391 g/mol. The number of carbonyl (C=O) groups is 1. The van der Waals surface area contributed by atoms with Crippen LogP contribution in [-0.4, -0.2) is 27.8 Å². The van der Waals surface area contributed by atoms with Crippen molar-refractivity contribution in [1.29, 1.82) is 0 Å². The number of carbonyl (C=O) groups excluding carboxylic acids is 1. The van der Waals surface area contributed by atoms with Gasteiger partial charge in [0.15, 0.2) is 0 Å². The van der Waals surface area contributed by atoms with Gasteiger partial charge in [-0.25, -0.2) is 9.40 Å². The summed E-state index contributed by atoms with van der Waals surface area (Å²) in [7, 11) is 0. The van der Waals surface area contributed by atoms with E-state index in [1.807, 2.05) is 24.3 Å². The van der Waals surface area contributed by atoms with Crippen molar-refractivity contribution >= 4 is 46.7 Å². The molecule has 4 rings (SSSR count). The predicted molar refractivity (Wildman–Crippen MR) is 106 cm³/mol. The van der Waals surface area contributed by atoms with Crippen LogP contribution in [0.4, 0.5) is 4.39 Å². The summed E-state index contributed by atoms with van der Waals surface area (Å²) >= 11 is 9.39. The first kappa shape index (κ1) is 17.9. The molecule has 1 amide bonds. The Bertz CT molecular complexity index is 934. The molecule has 2 aromatic carbocycles. The Labute approximate surface area is 165 Å². The molecule has 0 aromatic heterocycles. The van der Waals surface area contributed by atoms with E-state index < -0.39 is 0 Å². The number of amides is 1. The average Bonchev–Trinajstić information content (AvgIpc) is 2.97. The second-order valence-electron chi connectivity index (χ2n) is 6.33. The number of nitrogens with zero attached hydrogens (tertiary/aromatic N) is 2. The van der Waals surface area contributed by atoms with Gasteiger partial charge in [-0.05, 0) is 42.8 Å². The maximum Gasteiger partial charge on any atom is 0.240 e. The highest BCUT2D eigenvalue weighted by molar-refractivity contribution is 8.00. The van der Waals surface area contributed by atoms with E-state index in [0.29, 0.717) is 10.6 Å². The molecule has 2 aliphatic heterocycles. The molecule has 0 saturated heterocycles. The minimum absolute atomic E-state index is 0.0734. The summed E-state index contributed by atoms with van der Waals surface area (Å²) in [4.78, 5) is 14.1. The third-order valence-corrected chi connectivity index (χ3v) is 7.23. The molecule has 0 unspecified atom stereocenters. The van der Waals surface area contributed by atoms with Crippen LogP contribution in [-0.2, 0) is 4.79 Å². The van der Waals surface area contributed by atoms with Gasteiger partial charge in [0.2, 0.25) is 5.91 Å². The van der Waals surface area contributed by atoms with Crippen LogP contribution in [0.2, 0.25) is 5.02 Å². The highest BCUT2D eigenvalue weighted by Gasteiger charge is 2.43. The summed E-state index contributed by atoms with van der Waals surface area (Å²) in [6.07, 6.45) is 0. The Hall–Kier alpha value is -1.50. The van der Waals surface area contributed by atoms with Crippen LogP contribution in [0.15, 0.2) is 51.3 Å². The molecule has 2 atom stereocenters. The Morgan fingerprint density at radius 3 is 2.88 bits per heavy atom. The van der Waals surface area contributed by atoms with E-state index >= 15 is 0 Å². The van der Waals surface area contributed by atoms with Gasteiger partial charge in [-0.3, -0.25) is 4.79 Å². The van der Waals surface area contributed by atoms with Crippen molar-refractivity contribution in [2.45, 2.75) is 29.0 Å². The van der Waals surface area contributed by atoms with Crippen LogP contribution in [0.1, 0.15) is 18.1 Å². The van der Waals surface area contributed by atoms with Gasteiger partial charge in [-0.15, -0.1) is 11.8 Å². The molecule has 0 spiro atoms. The van der Waals surface area contributed by atoms with E-state index in [-0.39, 0.29) is 23.0 Å². The smallest absolute Gasteiger partial charge is 0.240 e. The molecule has 0 fully saturated rings. The van der Waals surface area contributed by atoms with Crippen molar-refractivity contribution in [1.82, 2.24) is 5.01 Å². The highest BCUT2D eigenvalue weighted by atomic mass is 35.5. The van der Waals surface area contributed by atoms with Crippen LogP contribution in [0.5, 0.6) is 0 Å². The lowest BCUT2D eigenvalue weighted by Crippen LogP contribution is -2.35. The summed E-state index contributed by atoms with van der Waals surface area (Å²) < 4.78 is 13.9. The third-order valence-electron chi connectivity index (χ3n) is 4.51. The summed E-state index contributed by atoms with van der Waals surface area (Å²) in [6, 6.07) is 10.9. The van der Waals surface area contributed by atoms with E-state index in [1.54, 1.807) is 24.8 Å². The first-order valence-electron chi connectivity index (χ1n) is 8.18. The zero-order valence-corrected chi connectivity index (χ0v) is 16.6. The van der Waals surface area contributed by atoms with E-state index in [0.717, 1.165) is 26.8 Å². The van der Waals surface area contributed by atoms with Crippen molar-refractivity contribution in [3.8, 4) is 0 Å². The molecule has 0 radical (unpaired) electrons. The molecule has 2 aliphatic rings. The second kappa shape index (κ2) is 6.91. The Balaban J connectivity index is 1.70. The molecule has 3 nitrogen and oxygen atoms in total. The Kier molecular flexibility index (Phi) is 4.75. The fraction of sp³-hybridized carbons (Fsp3) is 0.263. The van der Waals surface area contributed by atoms with Crippen molar-refractivity contribution in [3.05, 3.63) is 58.4 Å². The minimum atomic E-state index is -0.237. The van der Waals surface area contributed by atoms with Gasteiger partial charge < -0.3 is 0 Å². The number of hydrazone groups is 1. The standard InChI is InChI=1S/C19H16ClFN2OS2/c1-10-3-5-13(8-16(10)21)26-19-15-9-25-17-6-4-12(20)7-14(17)18(15)22-23(19)11(2)24/h3-8,15,19H,9H2,1-2H3/t15-,19-/m0/s1. The van der Waals surface area contributed by atoms with Crippen molar-refractivity contribution < 1.29 is 9.18 Å². The number of thioether (sulfide) groups is 2. The zero-order valence-electron chi connectivity index (χ0n) is 14.2. The van der Waals surface area contributed by atoms with Crippen molar-refractivity contribution in [2.24, 2.45) is 11.0 Å². The number of rotatable bonds is 2. The summed E-state index contributed by atoms with van der Waals surface area (Å²) in [5, 5.41) is 6.61. The maximum absolute atomic E-state index is 13.9. The minimum Gasteiger partial charge on any atom is -0.273 e. The summed E-state index contributed by atoms with van der Waals surface area (Å²) in [5.74, 6) is 0.539. The first-order chi connectivity index (χ1) is 12.4. The monoisotopic (exact) mass is 406 g/mol. The number of aryl methyl sites for hydroxylation is 1. The van der Waals surface area contributed by atoms with E-state index in [2.05, 4.69) is 5.10 Å². The highest BCUT2D eigenvalue weighted by Crippen LogP contribution is 2.45. The number of benzene rings is 2. The molecule has 0 aliphatic carbocycles. The molecule has 26 heavy (non-hydrogen) atoms. The van der Waals surface area contributed by atoms with Crippen molar-refractivity contribution in [2.75, 3.05) is 5.75 Å². The fourth-order valence-corrected chi connectivity index (χ4v) is 5.90. The molecule has 2 heterocycles. The van der Waals surface area contributed by atoms with Gasteiger partial charge in [0.25, 0.3) is 0 Å².